The fourth-order valence-electron chi connectivity index (χ4n) is 0.974. The molecule has 0 saturated carbocycles. The molecular formula is C8H8N2O. The summed E-state index contributed by atoms with van der Waals surface area (Å²) < 4.78 is 0. The number of nitrogens with one attached hydrogen (secondary N) is 1. The molecule has 11 heavy (non-hydrogen) atoms. The number of allylic oxidation sites excluding steroid dienone is 3. The normalized spacial score (nSPS) is 16.0. The second-order valence-electron chi connectivity index (χ2n) is 2.17. The van der Waals surface area contributed by atoms with Crippen molar-refractivity contribution in [3.63, 3.8) is 0 Å². The Bertz CT molecular complexity index is 270. The van der Waals surface area contributed by atoms with E-state index in [9.17, 15) is 4.79 Å². The number of rotatable bonds is 2. The topological polar surface area (TPSA) is 53.3 Å². The highest BCUT2D eigenvalue weighted by Crippen LogP contribution is 2.17. The van der Waals surface area contributed by atoms with Gasteiger partial charge in [-0.2, -0.15) is 4.99 Å². The zero-order valence-corrected chi connectivity index (χ0v) is 6.00. The van der Waals surface area contributed by atoms with Crippen LogP contribution in [-0.4, -0.2) is 12.3 Å². The Morgan fingerprint density at radius 1 is 1.55 bits per heavy atom. The highest BCUT2D eigenvalue weighted by molar-refractivity contribution is 5.82. The highest BCUT2D eigenvalue weighted by Gasteiger charge is 2.03. The molecule has 0 heterocycles. The van der Waals surface area contributed by atoms with Gasteiger partial charge in [-0.25, -0.2) is 4.79 Å². The zero-order chi connectivity index (χ0) is 8.10. The maximum Gasteiger partial charge on any atom is 0.240 e. The third-order valence-corrected chi connectivity index (χ3v) is 1.49. The Kier molecular flexibility index (Phi) is 2.53. The Labute approximate surface area is 64.7 Å². The van der Waals surface area contributed by atoms with Gasteiger partial charge in [-0.1, -0.05) is 12.2 Å². The number of hydrogen-bond acceptors (Lipinski definition) is 3. The first kappa shape index (κ1) is 7.63. The van der Waals surface area contributed by atoms with Crippen LogP contribution in [0.3, 0.4) is 0 Å². The molecule has 56 valence electrons. The lowest BCUT2D eigenvalue weighted by Gasteiger charge is -2.04. The third kappa shape index (κ3) is 1.72. The Morgan fingerprint density at radius 2 is 2.27 bits per heavy atom. The van der Waals surface area contributed by atoms with Crippen molar-refractivity contribution in [2.24, 2.45) is 4.99 Å². The van der Waals surface area contributed by atoms with Gasteiger partial charge in [-0.3, -0.25) is 0 Å². The van der Waals surface area contributed by atoms with E-state index in [0.717, 1.165) is 12.8 Å². The molecule has 0 saturated heterocycles. The van der Waals surface area contributed by atoms with Crippen LogP contribution in [-0.2, 0) is 4.79 Å². The molecule has 0 bridgehead atoms. The SMILES string of the molecule is N=CC1=CCCC=C1N=C=O. The Balaban J connectivity index is 2.91. The molecule has 1 rings (SSSR count). The molecule has 1 aliphatic carbocycles. The van der Waals surface area contributed by atoms with Crippen molar-refractivity contribution >= 4 is 12.3 Å². The summed E-state index contributed by atoms with van der Waals surface area (Å²) in [5.41, 5.74) is 1.28. The number of hydrogen-bond donors (Lipinski definition) is 1. The molecule has 0 aromatic rings. The molecule has 1 aliphatic rings. The van der Waals surface area contributed by atoms with E-state index in [-0.39, 0.29) is 0 Å². The van der Waals surface area contributed by atoms with Crippen LogP contribution in [0.2, 0.25) is 0 Å². The molecular weight excluding hydrogens is 140 g/mol. The molecule has 0 atom stereocenters. The smallest absolute Gasteiger partial charge is 0.240 e. The first-order valence-electron chi connectivity index (χ1n) is 3.37. The molecule has 3 heteroatoms. The van der Waals surface area contributed by atoms with Gasteiger partial charge < -0.3 is 5.41 Å². The summed E-state index contributed by atoms with van der Waals surface area (Å²) in [6.07, 6.45) is 8.20. The van der Waals surface area contributed by atoms with E-state index in [1.807, 2.05) is 12.2 Å². The van der Waals surface area contributed by atoms with E-state index in [1.54, 1.807) is 0 Å². The number of nitrogens with zero attached hydrogens (tertiary/aromatic N) is 1. The van der Waals surface area contributed by atoms with Crippen molar-refractivity contribution in [2.75, 3.05) is 0 Å². The molecule has 0 fully saturated rings. The summed E-state index contributed by atoms with van der Waals surface area (Å²) in [5, 5.41) is 6.98. The van der Waals surface area contributed by atoms with Gasteiger partial charge in [0.1, 0.15) is 0 Å². The van der Waals surface area contributed by atoms with Crippen LogP contribution in [0.4, 0.5) is 0 Å². The molecule has 0 amide bonds. The van der Waals surface area contributed by atoms with Crippen molar-refractivity contribution in [3.05, 3.63) is 23.4 Å². The van der Waals surface area contributed by atoms with Gasteiger partial charge in [0.25, 0.3) is 0 Å². The fourth-order valence-corrected chi connectivity index (χ4v) is 0.974. The average molecular weight is 148 g/mol. The fraction of sp³-hybridized carbons (Fsp3) is 0.250. The van der Waals surface area contributed by atoms with Crippen LogP contribution in [0.1, 0.15) is 12.8 Å². The van der Waals surface area contributed by atoms with Crippen molar-refractivity contribution in [3.8, 4) is 0 Å². The van der Waals surface area contributed by atoms with Gasteiger partial charge >= 0.3 is 0 Å². The molecule has 0 aliphatic heterocycles. The molecule has 3 nitrogen and oxygen atoms in total. The van der Waals surface area contributed by atoms with Crippen molar-refractivity contribution < 1.29 is 4.79 Å². The Hall–Kier alpha value is -1.47. The van der Waals surface area contributed by atoms with Gasteiger partial charge in [0, 0.05) is 11.8 Å². The zero-order valence-electron chi connectivity index (χ0n) is 6.00. The second kappa shape index (κ2) is 3.64. The summed E-state index contributed by atoms with van der Waals surface area (Å²) in [5.74, 6) is 0. The predicted octanol–water partition coefficient (Wildman–Crippen LogP) is 1.58. The summed E-state index contributed by atoms with van der Waals surface area (Å²) in [4.78, 5) is 13.4. The number of isocyanates is 1. The standard InChI is InChI=1S/C8H8N2O/c9-5-7-3-1-2-4-8(7)10-6-11/h3-5,9H,1-2H2. The van der Waals surface area contributed by atoms with Crippen LogP contribution in [0.25, 0.3) is 0 Å². The third-order valence-electron chi connectivity index (χ3n) is 1.49. The first-order chi connectivity index (χ1) is 5.38. The maximum absolute atomic E-state index is 9.90. The molecule has 0 aromatic heterocycles. The van der Waals surface area contributed by atoms with E-state index in [2.05, 4.69) is 4.99 Å². The largest absolute Gasteiger partial charge is 0.308 e. The molecule has 0 radical (unpaired) electrons. The number of aliphatic imine (C=N–C) groups is 1. The predicted molar refractivity (Wildman–Crippen MR) is 42.3 cm³/mol. The summed E-state index contributed by atoms with van der Waals surface area (Å²) in [7, 11) is 0. The van der Waals surface area contributed by atoms with Gasteiger partial charge in [0.05, 0.1) is 5.70 Å². The maximum atomic E-state index is 9.90. The van der Waals surface area contributed by atoms with Crippen molar-refractivity contribution in [1.82, 2.24) is 0 Å². The minimum absolute atomic E-state index is 0.571. The van der Waals surface area contributed by atoms with Crippen LogP contribution in [0.5, 0.6) is 0 Å². The van der Waals surface area contributed by atoms with Crippen LogP contribution < -0.4 is 0 Å². The molecule has 0 spiro atoms. The van der Waals surface area contributed by atoms with E-state index in [4.69, 9.17) is 5.41 Å². The van der Waals surface area contributed by atoms with E-state index in [1.165, 1.54) is 12.3 Å². The lowest BCUT2D eigenvalue weighted by molar-refractivity contribution is 0.564. The summed E-state index contributed by atoms with van der Waals surface area (Å²) >= 11 is 0. The van der Waals surface area contributed by atoms with E-state index < -0.39 is 0 Å². The molecule has 0 aromatic carbocycles. The highest BCUT2D eigenvalue weighted by atomic mass is 16.1. The summed E-state index contributed by atoms with van der Waals surface area (Å²) in [6, 6.07) is 0. The second-order valence-corrected chi connectivity index (χ2v) is 2.17. The summed E-state index contributed by atoms with van der Waals surface area (Å²) in [6.45, 7) is 0. The van der Waals surface area contributed by atoms with Crippen LogP contribution >= 0.6 is 0 Å². The average Bonchev–Trinajstić information content (AvgIpc) is 2.06. The van der Waals surface area contributed by atoms with Gasteiger partial charge in [0.2, 0.25) is 6.08 Å². The van der Waals surface area contributed by atoms with E-state index in [0.29, 0.717) is 11.3 Å². The Morgan fingerprint density at radius 3 is 2.91 bits per heavy atom. The lowest BCUT2D eigenvalue weighted by Crippen LogP contribution is -1.93. The lowest BCUT2D eigenvalue weighted by atomic mass is 10.1. The van der Waals surface area contributed by atoms with Gasteiger partial charge in [-0.05, 0) is 12.8 Å². The quantitative estimate of drug-likeness (QED) is 0.469. The first-order valence-corrected chi connectivity index (χ1v) is 3.37. The van der Waals surface area contributed by atoms with Gasteiger partial charge in [0.15, 0.2) is 0 Å². The van der Waals surface area contributed by atoms with Gasteiger partial charge in [-0.15, -0.1) is 0 Å². The minimum atomic E-state index is 0.571. The van der Waals surface area contributed by atoms with Crippen LogP contribution in [0, 0.1) is 5.41 Å². The minimum Gasteiger partial charge on any atom is -0.308 e. The number of carbonyl (C=O) groups excluding carboxylic acids is 1. The van der Waals surface area contributed by atoms with Crippen molar-refractivity contribution in [1.29, 1.82) is 5.41 Å². The van der Waals surface area contributed by atoms with Crippen molar-refractivity contribution in [2.45, 2.75) is 12.8 Å². The molecule has 0 unspecified atom stereocenters. The van der Waals surface area contributed by atoms with Crippen LogP contribution in [0.15, 0.2) is 28.4 Å². The monoisotopic (exact) mass is 148 g/mol. The van der Waals surface area contributed by atoms with E-state index >= 15 is 0 Å². The molecule has 1 N–H and O–H groups in total.